The fraction of sp³-hybridized carbons (Fsp3) is 0.267. The Balaban J connectivity index is 2.14. The Morgan fingerprint density at radius 3 is 2.62 bits per heavy atom. The van der Waals surface area contributed by atoms with Crippen LogP contribution >= 0.6 is 11.3 Å². The SMILES string of the molecule is COC(=O)c1cccc(C(=O)Nc2nc(C(C)C)cs2)c1. The highest BCUT2D eigenvalue weighted by molar-refractivity contribution is 7.14. The predicted molar refractivity (Wildman–Crippen MR) is 81.9 cm³/mol. The van der Waals surface area contributed by atoms with Crippen LogP contribution in [0.3, 0.4) is 0 Å². The molecule has 6 heteroatoms. The van der Waals surface area contributed by atoms with Gasteiger partial charge in [-0.2, -0.15) is 0 Å². The first-order valence-corrected chi connectivity index (χ1v) is 7.34. The molecule has 1 amide bonds. The van der Waals surface area contributed by atoms with E-state index in [-0.39, 0.29) is 5.91 Å². The Bertz CT molecular complexity index is 664. The molecule has 1 aromatic heterocycles. The van der Waals surface area contributed by atoms with Gasteiger partial charge in [-0.15, -0.1) is 11.3 Å². The van der Waals surface area contributed by atoms with Gasteiger partial charge in [0.05, 0.1) is 18.4 Å². The number of amides is 1. The minimum Gasteiger partial charge on any atom is -0.465 e. The lowest BCUT2D eigenvalue weighted by Gasteiger charge is -2.04. The number of benzene rings is 1. The highest BCUT2D eigenvalue weighted by Crippen LogP contribution is 2.22. The molecule has 5 nitrogen and oxygen atoms in total. The number of anilines is 1. The van der Waals surface area contributed by atoms with Crippen molar-refractivity contribution in [3.8, 4) is 0 Å². The van der Waals surface area contributed by atoms with Gasteiger partial charge in [0.15, 0.2) is 5.13 Å². The number of methoxy groups -OCH3 is 1. The van der Waals surface area contributed by atoms with Crippen molar-refractivity contribution in [1.29, 1.82) is 0 Å². The van der Waals surface area contributed by atoms with E-state index < -0.39 is 5.97 Å². The van der Waals surface area contributed by atoms with Gasteiger partial charge in [-0.05, 0) is 24.1 Å². The average molecular weight is 304 g/mol. The highest BCUT2D eigenvalue weighted by Gasteiger charge is 2.13. The van der Waals surface area contributed by atoms with Crippen molar-refractivity contribution in [2.24, 2.45) is 0 Å². The maximum Gasteiger partial charge on any atom is 0.337 e. The number of ether oxygens (including phenoxy) is 1. The van der Waals surface area contributed by atoms with Crippen LogP contribution in [0.2, 0.25) is 0 Å². The van der Waals surface area contributed by atoms with Crippen molar-refractivity contribution in [3.63, 3.8) is 0 Å². The van der Waals surface area contributed by atoms with Crippen molar-refractivity contribution in [2.45, 2.75) is 19.8 Å². The smallest absolute Gasteiger partial charge is 0.337 e. The molecule has 1 heterocycles. The molecule has 2 rings (SSSR count). The molecule has 0 aliphatic heterocycles. The molecule has 1 N–H and O–H groups in total. The maximum atomic E-state index is 12.2. The first-order valence-electron chi connectivity index (χ1n) is 6.46. The summed E-state index contributed by atoms with van der Waals surface area (Å²) in [6, 6.07) is 6.38. The quantitative estimate of drug-likeness (QED) is 0.880. The number of thiazole rings is 1. The summed E-state index contributed by atoms with van der Waals surface area (Å²) < 4.78 is 4.64. The molecule has 0 unspecified atom stereocenters. The van der Waals surface area contributed by atoms with Gasteiger partial charge in [0, 0.05) is 10.9 Å². The van der Waals surface area contributed by atoms with Crippen LogP contribution in [0.4, 0.5) is 5.13 Å². The molecule has 0 fully saturated rings. The largest absolute Gasteiger partial charge is 0.465 e. The number of aromatic nitrogens is 1. The Morgan fingerprint density at radius 2 is 2.00 bits per heavy atom. The van der Waals surface area contributed by atoms with Gasteiger partial charge in [-0.25, -0.2) is 9.78 Å². The average Bonchev–Trinajstić information content (AvgIpc) is 2.95. The second-order valence-corrected chi connectivity index (χ2v) is 5.62. The molecule has 0 bridgehead atoms. The Morgan fingerprint density at radius 1 is 1.29 bits per heavy atom. The van der Waals surface area contributed by atoms with Crippen LogP contribution in [0.15, 0.2) is 29.6 Å². The lowest BCUT2D eigenvalue weighted by atomic mass is 10.1. The summed E-state index contributed by atoms with van der Waals surface area (Å²) in [5.41, 5.74) is 1.67. The molecule has 0 saturated heterocycles. The van der Waals surface area contributed by atoms with E-state index in [1.165, 1.54) is 24.5 Å². The zero-order valence-electron chi connectivity index (χ0n) is 12.0. The van der Waals surface area contributed by atoms with Crippen molar-refractivity contribution in [3.05, 3.63) is 46.5 Å². The summed E-state index contributed by atoms with van der Waals surface area (Å²) in [5, 5.41) is 5.20. The molecule has 0 atom stereocenters. The fourth-order valence-electron chi connectivity index (χ4n) is 1.68. The summed E-state index contributed by atoms with van der Waals surface area (Å²) in [4.78, 5) is 28.0. The van der Waals surface area contributed by atoms with E-state index in [1.807, 2.05) is 19.2 Å². The normalized spacial score (nSPS) is 10.5. The van der Waals surface area contributed by atoms with Crippen LogP contribution in [-0.2, 0) is 4.74 Å². The molecule has 2 aromatic rings. The Kier molecular flexibility index (Phi) is 4.70. The molecule has 110 valence electrons. The second kappa shape index (κ2) is 6.49. The molecule has 0 aliphatic carbocycles. The number of carbonyl (C=O) groups is 2. The Hall–Kier alpha value is -2.21. The van der Waals surface area contributed by atoms with Crippen LogP contribution in [0.25, 0.3) is 0 Å². The monoisotopic (exact) mass is 304 g/mol. The summed E-state index contributed by atoms with van der Waals surface area (Å²) in [5.74, 6) is -0.457. The van der Waals surface area contributed by atoms with Gasteiger partial charge >= 0.3 is 5.97 Å². The van der Waals surface area contributed by atoms with Crippen LogP contribution in [-0.4, -0.2) is 24.0 Å². The third-order valence-electron chi connectivity index (χ3n) is 2.88. The van der Waals surface area contributed by atoms with E-state index in [0.717, 1.165) is 5.69 Å². The molecular formula is C15H16N2O3S. The number of carbonyl (C=O) groups excluding carboxylic acids is 2. The minimum absolute atomic E-state index is 0.301. The summed E-state index contributed by atoms with van der Waals surface area (Å²) in [6.45, 7) is 4.08. The Labute approximate surface area is 127 Å². The van der Waals surface area contributed by atoms with E-state index in [2.05, 4.69) is 15.0 Å². The number of rotatable bonds is 4. The van der Waals surface area contributed by atoms with E-state index in [9.17, 15) is 9.59 Å². The number of esters is 1. The third-order valence-corrected chi connectivity index (χ3v) is 3.66. The topological polar surface area (TPSA) is 68.3 Å². The van der Waals surface area contributed by atoms with Gasteiger partial charge < -0.3 is 4.74 Å². The first-order chi connectivity index (χ1) is 10.0. The van der Waals surface area contributed by atoms with Crippen molar-refractivity contribution >= 4 is 28.3 Å². The molecule has 0 spiro atoms. The fourth-order valence-corrected chi connectivity index (χ4v) is 2.55. The van der Waals surface area contributed by atoms with Crippen LogP contribution < -0.4 is 5.32 Å². The number of nitrogens with zero attached hydrogens (tertiary/aromatic N) is 1. The molecule has 0 radical (unpaired) electrons. The number of nitrogens with one attached hydrogen (secondary N) is 1. The van der Waals surface area contributed by atoms with E-state index >= 15 is 0 Å². The van der Waals surface area contributed by atoms with E-state index in [0.29, 0.717) is 22.2 Å². The number of hydrogen-bond donors (Lipinski definition) is 1. The van der Waals surface area contributed by atoms with Gasteiger partial charge in [-0.3, -0.25) is 10.1 Å². The molecule has 0 saturated carbocycles. The van der Waals surface area contributed by atoms with E-state index in [1.54, 1.807) is 18.2 Å². The zero-order chi connectivity index (χ0) is 15.4. The molecule has 21 heavy (non-hydrogen) atoms. The van der Waals surface area contributed by atoms with Crippen LogP contribution in [0.5, 0.6) is 0 Å². The second-order valence-electron chi connectivity index (χ2n) is 4.76. The van der Waals surface area contributed by atoms with Gasteiger partial charge in [0.1, 0.15) is 0 Å². The van der Waals surface area contributed by atoms with Crippen LogP contribution in [0, 0.1) is 0 Å². The van der Waals surface area contributed by atoms with E-state index in [4.69, 9.17) is 0 Å². The summed E-state index contributed by atoms with van der Waals surface area (Å²) in [7, 11) is 1.30. The van der Waals surface area contributed by atoms with Gasteiger partial charge in [0.25, 0.3) is 5.91 Å². The highest BCUT2D eigenvalue weighted by atomic mass is 32.1. The van der Waals surface area contributed by atoms with Crippen molar-refractivity contribution in [2.75, 3.05) is 12.4 Å². The summed E-state index contributed by atoms with van der Waals surface area (Å²) in [6.07, 6.45) is 0. The standard InChI is InChI=1S/C15H16N2O3S/c1-9(2)12-8-21-15(16-12)17-13(18)10-5-4-6-11(7-10)14(19)20-3/h4-9H,1-3H3,(H,16,17,18). The predicted octanol–water partition coefficient (Wildman–Crippen LogP) is 3.31. The molecular weight excluding hydrogens is 288 g/mol. The number of hydrogen-bond acceptors (Lipinski definition) is 5. The molecule has 1 aromatic carbocycles. The first kappa shape index (κ1) is 15.2. The van der Waals surface area contributed by atoms with Crippen molar-refractivity contribution in [1.82, 2.24) is 4.98 Å². The maximum absolute atomic E-state index is 12.2. The molecule has 0 aliphatic rings. The lowest BCUT2D eigenvalue weighted by Crippen LogP contribution is -2.13. The summed E-state index contributed by atoms with van der Waals surface area (Å²) >= 11 is 1.38. The van der Waals surface area contributed by atoms with Crippen LogP contribution in [0.1, 0.15) is 46.2 Å². The zero-order valence-corrected chi connectivity index (χ0v) is 12.9. The van der Waals surface area contributed by atoms with Gasteiger partial charge in [-0.1, -0.05) is 19.9 Å². The van der Waals surface area contributed by atoms with Crippen molar-refractivity contribution < 1.29 is 14.3 Å². The van der Waals surface area contributed by atoms with Gasteiger partial charge in [0.2, 0.25) is 0 Å². The third kappa shape index (κ3) is 3.66. The minimum atomic E-state index is -0.471. The lowest BCUT2D eigenvalue weighted by molar-refractivity contribution is 0.0600.